The molecule has 1 unspecified atom stereocenters. The predicted octanol–water partition coefficient (Wildman–Crippen LogP) is 1.44. The molecule has 1 heterocycles. The van der Waals surface area contributed by atoms with Crippen molar-refractivity contribution in [2.75, 3.05) is 14.2 Å². The number of amides is 1. The van der Waals surface area contributed by atoms with Gasteiger partial charge in [-0.3, -0.25) is 14.6 Å². The van der Waals surface area contributed by atoms with Crippen LogP contribution in [-0.4, -0.2) is 41.2 Å². The number of carbonyl (C=O) groups excluding carboxylic acids is 1. The molecule has 0 saturated carbocycles. The summed E-state index contributed by atoms with van der Waals surface area (Å²) in [6.07, 6.45) is 3.85. The Labute approximate surface area is 138 Å². The highest BCUT2D eigenvalue weighted by Gasteiger charge is 2.21. The molecule has 8 nitrogen and oxygen atoms in total. The number of benzene rings is 1. The van der Waals surface area contributed by atoms with Crippen LogP contribution >= 0.6 is 0 Å². The molecule has 1 aromatic heterocycles. The van der Waals surface area contributed by atoms with Crippen molar-refractivity contribution in [2.24, 2.45) is 0 Å². The van der Waals surface area contributed by atoms with E-state index in [0.717, 1.165) is 0 Å². The van der Waals surface area contributed by atoms with E-state index >= 15 is 0 Å². The molecule has 0 spiro atoms. The number of carboxylic acids is 1. The summed E-state index contributed by atoms with van der Waals surface area (Å²) in [5, 5.41) is 11.8. The fourth-order valence-corrected chi connectivity index (χ4v) is 2.14. The van der Waals surface area contributed by atoms with Gasteiger partial charge in [-0.2, -0.15) is 0 Å². The molecule has 8 heteroatoms. The van der Waals surface area contributed by atoms with E-state index in [4.69, 9.17) is 14.6 Å². The minimum Gasteiger partial charge on any atom is -0.493 e. The first-order valence-electron chi connectivity index (χ1n) is 7.05. The number of ether oxygens (including phenoxy) is 2. The van der Waals surface area contributed by atoms with Crippen molar-refractivity contribution >= 4 is 11.9 Å². The maximum atomic E-state index is 12.2. The molecule has 1 aromatic carbocycles. The molecule has 2 rings (SSSR count). The third kappa shape index (κ3) is 4.19. The van der Waals surface area contributed by atoms with Gasteiger partial charge in [0.15, 0.2) is 11.5 Å². The number of hydrogen-bond acceptors (Lipinski definition) is 6. The van der Waals surface area contributed by atoms with Crippen LogP contribution in [0.25, 0.3) is 0 Å². The van der Waals surface area contributed by atoms with Crippen molar-refractivity contribution in [2.45, 2.75) is 12.5 Å². The number of aliphatic carboxylic acids is 1. The Morgan fingerprint density at radius 3 is 2.54 bits per heavy atom. The lowest BCUT2D eigenvalue weighted by Gasteiger charge is -2.18. The maximum Gasteiger partial charge on any atom is 0.305 e. The molecule has 0 fully saturated rings. The monoisotopic (exact) mass is 331 g/mol. The van der Waals surface area contributed by atoms with E-state index < -0.39 is 17.9 Å². The van der Waals surface area contributed by atoms with Crippen LogP contribution < -0.4 is 14.8 Å². The second-order valence-electron chi connectivity index (χ2n) is 4.83. The second kappa shape index (κ2) is 7.91. The molecule has 0 aliphatic rings. The number of nitrogens with zero attached hydrogens (tertiary/aromatic N) is 2. The standard InChI is InChI=1S/C16H17N3O5/c1-23-13-4-3-10(7-14(13)24-2)11(8-15(20)21)19-16(22)12-9-17-5-6-18-12/h3-7,9,11H,8H2,1-2H3,(H,19,22)(H,20,21). The van der Waals surface area contributed by atoms with Crippen LogP contribution in [0.5, 0.6) is 11.5 Å². The Hall–Kier alpha value is -3.16. The van der Waals surface area contributed by atoms with Gasteiger partial charge < -0.3 is 19.9 Å². The van der Waals surface area contributed by atoms with Gasteiger partial charge in [-0.05, 0) is 17.7 Å². The summed E-state index contributed by atoms with van der Waals surface area (Å²) in [4.78, 5) is 31.1. The summed E-state index contributed by atoms with van der Waals surface area (Å²) in [7, 11) is 2.98. The average molecular weight is 331 g/mol. The van der Waals surface area contributed by atoms with E-state index in [1.807, 2.05) is 0 Å². The minimum atomic E-state index is -1.05. The normalized spacial score (nSPS) is 11.4. The van der Waals surface area contributed by atoms with Crippen molar-refractivity contribution in [1.82, 2.24) is 15.3 Å². The van der Waals surface area contributed by atoms with E-state index in [1.165, 1.54) is 32.8 Å². The summed E-state index contributed by atoms with van der Waals surface area (Å²) in [5.41, 5.74) is 0.681. The van der Waals surface area contributed by atoms with Crippen molar-refractivity contribution in [3.8, 4) is 11.5 Å². The summed E-state index contributed by atoms with van der Waals surface area (Å²) in [6, 6.07) is 4.20. The number of rotatable bonds is 7. The SMILES string of the molecule is COc1ccc(C(CC(=O)O)NC(=O)c2cnccn2)cc1OC. The van der Waals surface area contributed by atoms with Crippen LogP contribution in [0.15, 0.2) is 36.8 Å². The second-order valence-corrected chi connectivity index (χ2v) is 4.83. The molecule has 2 N–H and O–H groups in total. The zero-order chi connectivity index (χ0) is 17.5. The lowest BCUT2D eigenvalue weighted by atomic mass is 10.0. The van der Waals surface area contributed by atoms with Crippen molar-refractivity contribution in [1.29, 1.82) is 0 Å². The lowest BCUT2D eigenvalue weighted by molar-refractivity contribution is -0.137. The van der Waals surface area contributed by atoms with E-state index in [1.54, 1.807) is 18.2 Å². The fraction of sp³-hybridized carbons (Fsp3) is 0.250. The first-order chi connectivity index (χ1) is 11.5. The van der Waals surface area contributed by atoms with Crippen LogP contribution in [-0.2, 0) is 4.79 Å². The molecule has 0 aliphatic carbocycles. The molecule has 1 atom stereocenters. The van der Waals surface area contributed by atoms with Gasteiger partial charge in [0.05, 0.1) is 32.9 Å². The highest BCUT2D eigenvalue weighted by atomic mass is 16.5. The van der Waals surface area contributed by atoms with Crippen LogP contribution in [0.3, 0.4) is 0 Å². The van der Waals surface area contributed by atoms with Gasteiger partial charge in [0, 0.05) is 12.4 Å². The van der Waals surface area contributed by atoms with Crippen molar-refractivity contribution in [3.05, 3.63) is 48.0 Å². The molecule has 24 heavy (non-hydrogen) atoms. The maximum absolute atomic E-state index is 12.2. The quantitative estimate of drug-likeness (QED) is 0.789. The number of aromatic nitrogens is 2. The van der Waals surface area contributed by atoms with Gasteiger partial charge in [-0.1, -0.05) is 6.07 Å². The van der Waals surface area contributed by atoms with Crippen LogP contribution in [0, 0.1) is 0 Å². The molecule has 0 aliphatic heterocycles. The van der Waals surface area contributed by atoms with Crippen LogP contribution in [0.1, 0.15) is 28.5 Å². The van der Waals surface area contributed by atoms with Crippen molar-refractivity contribution in [3.63, 3.8) is 0 Å². The Balaban J connectivity index is 2.28. The Kier molecular flexibility index (Phi) is 5.67. The number of methoxy groups -OCH3 is 2. The highest BCUT2D eigenvalue weighted by Crippen LogP contribution is 2.31. The fourth-order valence-electron chi connectivity index (χ4n) is 2.14. The molecule has 0 radical (unpaired) electrons. The van der Waals surface area contributed by atoms with Gasteiger partial charge in [0.2, 0.25) is 0 Å². The smallest absolute Gasteiger partial charge is 0.305 e. The number of carbonyl (C=O) groups is 2. The van der Waals surface area contributed by atoms with Gasteiger partial charge >= 0.3 is 5.97 Å². The summed E-state index contributed by atoms with van der Waals surface area (Å²) in [6.45, 7) is 0. The third-order valence-electron chi connectivity index (χ3n) is 3.29. The molecule has 2 aromatic rings. The predicted molar refractivity (Wildman–Crippen MR) is 84.0 cm³/mol. The summed E-state index contributed by atoms with van der Waals surface area (Å²) >= 11 is 0. The zero-order valence-corrected chi connectivity index (χ0v) is 13.2. The number of hydrogen-bond donors (Lipinski definition) is 2. The zero-order valence-electron chi connectivity index (χ0n) is 13.2. The summed E-state index contributed by atoms with van der Waals surface area (Å²) in [5.74, 6) is -0.604. The van der Waals surface area contributed by atoms with Gasteiger partial charge in [0.1, 0.15) is 5.69 Å². The Morgan fingerprint density at radius 1 is 1.21 bits per heavy atom. The molecule has 126 valence electrons. The minimum absolute atomic E-state index is 0.105. The Morgan fingerprint density at radius 2 is 1.96 bits per heavy atom. The number of nitrogens with one attached hydrogen (secondary N) is 1. The number of carboxylic acid groups (broad SMARTS) is 1. The lowest BCUT2D eigenvalue weighted by Crippen LogP contribution is -2.30. The molecular weight excluding hydrogens is 314 g/mol. The van der Waals surface area contributed by atoms with E-state index in [0.29, 0.717) is 17.1 Å². The third-order valence-corrected chi connectivity index (χ3v) is 3.29. The largest absolute Gasteiger partial charge is 0.493 e. The van der Waals surface area contributed by atoms with Crippen LogP contribution in [0.2, 0.25) is 0 Å². The van der Waals surface area contributed by atoms with E-state index in [2.05, 4.69) is 15.3 Å². The topological polar surface area (TPSA) is 111 Å². The van der Waals surface area contributed by atoms with Crippen molar-refractivity contribution < 1.29 is 24.2 Å². The molecule has 0 bridgehead atoms. The van der Waals surface area contributed by atoms with E-state index in [9.17, 15) is 9.59 Å². The Bertz CT molecular complexity index is 721. The molecule has 1 amide bonds. The first kappa shape index (κ1) is 17.2. The first-order valence-corrected chi connectivity index (χ1v) is 7.05. The molecular formula is C16H17N3O5. The average Bonchev–Trinajstić information content (AvgIpc) is 2.60. The highest BCUT2D eigenvalue weighted by molar-refractivity contribution is 5.92. The van der Waals surface area contributed by atoms with E-state index in [-0.39, 0.29) is 12.1 Å². The van der Waals surface area contributed by atoms with Gasteiger partial charge in [-0.25, -0.2) is 4.98 Å². The van der Waals surface area contributed by atoms with Gasteiger partial charge in [0.25, 0.3) is 5.91 Å². The van der Waals surface area contributed by atoms with Crippen LogP contribution in [0.4, 0.5) is 0 Å². The molecule has 0 saturated heterocycles. The van der Waals surface area contributed by atoms with Gasteiger partial charge in [-0.15, -0.1) is 0 Å². The summed E-state index contributed by atoms with van der Waals surface area (Å²) < 4.78 is 10.4.